The molecule has 0 aliphatic heterocycles. The summed E-state index contributed by atoms with van der Waals surface area (Å²) in [5, 5.41) is 4.65. The Morgan fingerprint density at radius 1 is 1.42 bits per heavy atom. The number of hydrogen-bond donors (Lipinski definition) is 2. The molecule has 5 heteroatoms. The molecule has 0 aliphatic carbocycles. The van der Waals surface area contributed by atoms with Gasteiger partial charge in [-0.1, -0.05) is 6.07 Å². The van der Waals surface area contributed by atoms with Crippen LogP contribution in [0.2, 0.25) is 0 Å². The van der Waals surface area contributed by atoms with Crippen LogP contribution in [-0.2, 0) is 6.54 Å². The lowest BCUT2D eigenvalue weighted by Crippen LogP contribution is -2.18. The van der Waals surface area contributed by atoms with Gasteiger partial charge in [-0.2, -0.15) is 0 Å². The van der Waals surface area contributed by atoms with E-state index >= 15 is 0 Å². The summed E-state index contributed by atoms with van der Waals surface area (Å²) in [6, 6.07) is 6.33. The third kappa shape index (κ3) is 3.55. The number of hydrogen-bond acceptors (Lipinski definition) is 4. The van der Waals surface area contributed by atoms with Crippen LogP contribution < -0.4 is 11.1 Å². The summed E-state index contributed by atoms with van der Waals surface area (Å²) in [6.07, 6.45) is 0. The van der Waals surface area contributed by atoms with Crippen LogP contribution in [0.4, 0.5) is 5.69 Å². The lowest BCUT2D eigenvalue weighted by molar-refractivity contribution is 0.579. The van der Waals surface area contributed by atoms with Crippen molar-refractivity contribution in [3.8, 4) is 0 Å². The van der Waals surface area contributed by atoms with Crippen LogP contribution in [-0.4, -0.2) is 4.98 Å². The SMILES string of the molecule is Cc1nc(C)c(C(C)NCc2ccc(N)c(Br)c2)s1. The van der Waals surface area contributed by atoms with E-state index in [-0.39, 0.29) is 0 Å². The molecule has 19 heavy (non-hydrogen) atoms. The molecular weight excluding hydrogens is 322 g/mol. The smallest absolute Gasteiger partial charge is 0.0900 e. The van der Waals surface area contributed by atoms with Crippen molar-refractivity contribution < 1.29 is 0 Å². The highest BCUT2D eigenvalue weighted by molar-refractivity contribution is 9.10. The van der Waals surface area contributed by atoms with Gasteiger partial charge < -0.3 is 11.1 Å². The first kappa shape index (κ1) is 14.5. The van der Waals surface area contributed by atoms with E-state index in [1.807, 2.05) is 19.1 Å². The second-order valence-corrected chi connectivity index (χ2v) is 6.73. The maximum atomic E-state index is 5.78. The molecule has 2 rings (SSSR count). The Balaban J connectivity index is 2.02. The van der Waals surface area contributed by atoms with E-state index in [0.717, 1.165) is 27.4 Å². The molecule has 1 aromatic heterocycles. The van der Waals surface area contributed by atoms with Crippen molar-refractivity contribution >= 4 is 33.0 Å². The van der Waals surface area contributed by atoms with Crippen molar-refractivity contribution in [2.24, 2.45) is 0 Å². The van der Waals surface area contributed by atoms with Crippen LogP contribution >= 0.6 is 27.3 Å². The molecule has 1 atom stereocenters. The minimum absolute atomic E-state index is 0.308. The molecule has 0 saturated heterocycles. The van der Waals surface area contributed by atoms with Crippen molar-refractivity contribution in [2.75, 3.05) is 5.73 Å². The van der Waals surface area contributed by atoms with E-state index in [0.29, 0.717) is 6.04 Å². The molecule has 0 radical (unpaired) electrons. The molecule has 1 aromatic carbocycles. The van der Waals surface area contributed by atoms with Crippen molar-refractivity contribution in [2.45, 2.75) is 33.4 Å². The molecule has 102 valence electrons. The number of nitrogen functional groups attached to an aromatic ring is 1. The maximum absolute atomic E-state index is 5.78. The molecule has 0 saturated carbocycles. The van der Waals surface area contributed by atoms with Gasteiger partial charge in [-0.05, 0) is 54.4 Å². The van der Waals surface area contributed by atoms with Gasteiger partial charge in [0.05, 0.1) is 10.7 Å². The highest BCUT2D eigenvalue weighted by Gasteiger charge is 2.12. The normalized spacial score (nSPS) is 12.6. The Morgan fingerprint density at radius 2 is 2.16 bits per heavy atom. The number of anilines is 1. The molecule has 0 bridgehead atoms. The Kier molecular flexibility index (Phi) is 4.60. The summed E-state index contributed by atoms with van der Waals surface area (Å²) in [5.74, 6) is 0. The van der Waals surface area contributed by atoms with Crippen LogP contribution in [0.3, 0.4) is 0 Å². The minimum Gasteiger partial charge on any atom is -0.398 e. The zero-order valence-corrected chi connectivity index (χ0v) is 13.7. The standard InChI is InChI=1S/C14H18BrN3S/c1-8(14-9(2)18-10(3)19-14)17-7-11-4-5-13(16)12(15)6-11/h4-6,8,17H,7,16H2,1-3H3. The molecule has 3 N–H and O–H groups in total. The number of halogens is 1. The highest BCUT2D eigenvalue weighted by atomic mass is 79.9. The van der Waals surface area contributed by atoms with Gasteiger partial charge >= 0.3 is 0 Å². The first-order chi connectivity index (χ1) is 8.97. The van der Waals surface area contributed by atoms with Gasteiger partial charge in [-0.3, -0.25) is 0 Å². The second-order valence-electron chi connectivity index (χ2n) is 4.64. The summed E-state index contributed by atoms with van der Waals surface area (Å²) in [6.45, 7) is 7.10. The molecule has 0 aliphatic rings. The van der Waals surface area contributed by atoms with Crippen LogP contribution in [0, 0.1) is 13.8 Å². The summed E-state index contributed by atoms with van der Waals surface area (Å²) >= 11 is 5.21. The Hall–Kier alpha value is -0.910. The Labute approximate surface area is 126 Å². The van der Waals surface area contributed by atoms with Gasteiger partial charge in [0.2, 0.25) is 0 Å². The number of benzene rings is 1. The third-order valence-corrected chi connectivity index (χ3v) is 4.95. The monoisotopic (exact) mass is 339 g/mol. The van der Waals surface area contributed by atoms with Crippen LogP contribution in [0.1, 0.15) is 34.1 Å². The molecule has 0 spiro atoms. The lowest BCUT2D eigenvalue weighted by atomic mass is 10.2. The van der Waals surface area contributed by atoms with Gasteiger partial charge in [-0.25, -0.2) is 4.98 Å². The van der Waals surface area contributed by atoms with E-state index < -0.39 is 0 Å². The zero-order chi connectivity index (χ0) is 14.0. The summed E-state index contributed by atoms with van der Waals surface area (Å²) in [7, 11) is 0. The number of nitrogens with two attached hydrogens (primary N) is 1. The van der Waals surface area contributed by atoms with Crippen molar-refractivity contribution in [3.05, 3.63) is 43.8 Å². The number of nitrogens with one attached hydrogen (secondary N) is 1. The third-order valence-electron chi connectivity index (χ3n) is 3.01. The fraction of sp³-hybridized carbons (Fsp3) is 0.357. The largest absolute Gasteiger partial charge is 0.398 e. The van der Waals surface area contributed by atoms with Crippen LogP contribution in [0.5, 0.6) is 0 Å². The zero-order valence-electron chi connectivity index (χ0n) is 11.3. The Morgan fingerprint density at radius 3 is 2.74 bits per heavy atom. The van der Waals surface area contributed by atoms with Crippen molar-refractivity contribution in [3.63, 3.8) is 0 Å². The molecule has 0 amide bonds. The predicted octanol–water partition coefficient (Wildman–Crippen LogP) is 3.96. The maximum Gasteiger partial charge on any atom is 0.0900 e. The average Bonchev–Trinajstić information content (AvgIpc) is 2.70. The fourth-order valence-electron chi connectivity index (χ4n) is 1.99. The molecule has 0 fully saturated rings. The molecule has 1 unspecified atom stereocenters. The van der Waals surface area contributed by atoms with Gasteiger partial charge in [-0.15, -0.1) is 11.3 Å². The molecule has 2 aromatic rings. The number of aryl methyl sites for hydroxylation is 2. The van der Waals surface area contributed by atoms with E-state index in [2.05, 4.69) is 46.1 Å². The van der Waals surface area contributed by atoms with Gasteiger partial charge in [0.25, 0.3) is 0 Å². The summed E-state index contributed by atoms with van der Waals surface area (Å²) < 4.78 is 0.948. The molecular formula is C14H18BrN3S. The lowest BCUT2D eigenvalue weighted by Gasteiger charge is -2.13. The quantitative estimate of drug-likeness (QED) is 0.829. The first-order valence-electron chi connectivity index (χ1n) is 6.18. The fourth-order valence-corrected chi connectivity index (χ4v) is 3.37. The van der Waals surface area contributed by atoms with E-state index in [9.17, 15) is 0 Å². The first-order valence-corrected chi connectivity index (χ1v) is 7.79. The highest BCUT2D eigenvalue weighted by Crippen LogP contribution is 2.25. The minimum atomic E-state index is 0.308. The van der Waals surface area contributed by atoms with Gasteiger partial charge in [0.15, 0.2) is 0 Å². The second kappa shape index (κ2) is 6.03. The van der Waals surface area contributed by atoms with Gasteiger partial charge in [0.1, 0.15) is 0 Å². The van der Waals surface area contributed by atoms with E-state index in [4.69, 9.17) is 5.73 Å². The average molecular weight is 340 g/mol. The van der Waals surface area contributed by atoms with E-state index in [1.54, 1.807) is 11.3 Å². The van der Waals surface area contributed by atoms with Gasteiger partial charge in [0, 0.05) is 27.6 Å². The number of rotatable bonds is 4. The predicted molar refractivity (Wildman–Crippen MR) is 85.4 cm³/mol. The topological polar surface area (TPSA) is 50.9 Å². The molecule has 1 heterocycles. The van der Waals surface area contributed by atoms with Crippen molar-refractivity contribution in [1.82, 2.24) is 10.3 Å². The van der Waals surface area contributed by atoms with Crippen molar-refractivity contribution in [1.29, 1.82) is 0 Å². The van der Waals surface area contributed by atoms with E-state index in [1.165, 1.54) is 10.4 Å². The Bertz CT molecular complexity index is 580. The summed E-state index contributed by atoms with van der Waals surface area (Å²) in [4.78, 5) is 5.78. The number of nitrogens with zero attached hydrogens (tertiary/aromatic N) is 1. The number of aromatic nitrogens is 1. The summed E-state index contributed by atoms with van der Waals surface area (Å²) in [5.41, 5.74) is 8.89. The van der Waals surface area contributed by atoms with Crippen LogP contribution in [0.25, 0.3) is 0 Å². The van der Waals surface area contributed by atoms with Crippen LogP contribution in [0.15, 0.2) is 22.7 Å². The molecule has 3 nitrogen and oxygen atoms in total. The number of thiazole rings is 1.